The number of fused-ring (bicyclic) bond motifs is 1. The summed E-state index contributed by atoms with van der Waals surface area (Å²) in [6.45, 7) is 6.10. The molecule has 12 heteroatoms. The normalized spacial score (nSPS) is 25.6. The Morgan fingerprint density at radius 2 is 1.92 bits per heavy atom. The second kappa shape index (κ2) is 11.1. The molecule has 0 bridgehead atoms. The number of carbonyl (C=O) groups is 1. The molecule has 210 valence electrons. The summed E-state index contributed by atoms with van der Waals surface area (Å²) in [5.74, 6) is 1.72. The molecular weight excluding hydrogens is 506 g/mol. The molecule has 10 nitrogen and oxygen atoms in total. The lowest BCUT2D eigenvalue weighted by Gasteiger charge is -2.37. The van der Waals surface area contributed by atoms with E-state index in [0.29, 0.717) is 61.8 Å². The van der Waals surface area contributed by atoms with E-state index in [1.165, 1.54) is 0 Å². The third-order valence-electron chi connectivity index (χ3n) is 8.08. The van der Waals surface area contributed by atoms with Gasteiger partial charge in [0.1, 0.15) is 11.6 Å². The molecule has 39 heavy (non-hydrogen) atoms. The molecule has 0 radical (unpaired) electrons. The summed E-state index contributed by atoms with van der Waals surface area (Å²) in [6, 6.07) is 9.21. The number of ether oxygens (including phenoxy) is 1. The molecule has 1 unspecified atom stereocenters. The molecule has 1 amide bonds. The number of carbonyl (C=O) groups excluding carboxylic acids is 1. The van der Waals surface area contributed by atoms with Crippen molar-refractivity contribution in [2.75, 3.05) is 59.4 Å². The van der Waals surface area contributed by atoms with Gasteiger partial charge in [0.25, 0.3) is 6.43 Å². The molecule has 1 aromatic heterocycles. The van der Waals surface area contributed by atoms with Crippen molar-refractivity contribution in [2.45, 2.75) is 63.3 Å². The van der Waals surface area contributed by atoms with Crippen molar-refractivity contribution in [2.24, 2.45) is 0 Å². The van der Waals surface area contributed by atoms with Crippen molar-refractivity contribution < 1.29 is 18.3 Å². The van der Waals surface area contributed by atoms with Crippen LogP contribution in [0.3, 0.4) is 0 Å². The highest BCUT2D eigenvalue weighted by molar-refractivity contribution is 5.83. The first-order valence-electron chi connectivity index (χ1n) is 13.9. The molecule has 3 saturated heterocycles. The Bertz CT molecular complexity index is 1170. The van der Waals surface area contributed by atoms with Gasteiger partial charge in [0.15, 0.2) is 6.17 Å². The fraction of sp³-hybridized carbons (Fsp3) is 0.593. The number of anilines is 5. The van der Waals surface area contributed by atoms with Crippen LogP contribution >= 0.6 is 0 Å². The highest BCUT2D eigenvalue weighted by Crippen LogP contribution is 2.42. The number of amides is 1. The molecule has 6 rings (SSSR count). The number of nitrogens with zero attached hydrogens (tertiary/aromatic N) is 5. The Balaban J connectivity index is 1.28. The molecule has 3 atom stereocenters. The van der Waals surface area contributed by atoms with Gasteiger partial charge < -0.3 is 30.5 Å². The molecule has 3 N–H and O–H groups in total. The first-order valence-corrected chi connectivity index (χ1v) is 13.9. The largest absolute Gasteiger partial charge is 0.377 e. The summed E-state index contributed by atoms with van der Waals surface area (Å²) in [5.41, 5.74) is 1.31. The fourth-order valence-electron chi connectivity index (χ4n) is 5.94. The Morgan fingerprint density at radius 1 is 1.13 bits per heavy atom. The van der Waals surface area contributed by atoms with Gasteiger partial charge in [0.05, 0.1) is 36.7 Å². The lowest BCUT2D eigenvalue weighted by molar-refractivity contribution is -0.123. The minimum atomic E-state index is -2.63. The number of alkyl halides is 2. The number of rotatable bonds is 6. The summed E-state index contributed by atoms with van der Waals surface area (Å²) in [6.07, 6.45) is -0.424. The van der Waals surface area contributed by atoms with Crippen molar-refractivity contribution in [3.05, 3.63) is 30.3 Å². The molecule has 0 spiro atoms. The molecule has 5 heterocycles. The predicted octanol–water partition coefficient (Wildman–Crippen LogP) is 2.69. The van der Waals surface area contributed by atoms with E-state index in [9.17, 15) is 13.6 Å². The van der Waals surface area contributed by atoms with Gasteiger partial charge in [-0.1, -0.05) is 12.1 Å². The maximum absolute atomic E-state index is 14.2. The quantitative estimate of drug-likeness (QED) is 0.509. The van der Waals surface area contributed by atoms with Crippen LogP contribution in [0.5, 0.6) is 0 Å². The molecule has 0 saturated carbocycles. The summed E-state index contributed by atoms with van der Waals surface area (Å²) in [5, 5.41) is 9.41. The van der Waals surface area contributed by atoms with Crippen LogP contribution in [0.1, 0.15) is 32.6 Å². The van der Waals surface area contributed by atoms with Gasteiger partial charge in [-0.15, -0.1) is 0 Å². The predicted molar refractivity (Wildman–Crippen MR) is 146 cm³/mol. The Kier molecular flexibility index (Phi) is 7.39. The molecule has 3 fully saturated rings. The van der Waals surface area contributed by atoms with Gasteiger partial charge in [0, 0.05) is 31.7 Å². The minimum Gasteiger partial charge on any atom is -0.377 e. The number of morpholine rings is 1. The second-order valence-electron chi connectivity index (χ2n) is 10.7. The van der Waals surface area contributed by atoms with Gasteiger partial charge in [0.2, 0.25) is 11.9 Å². The topological polar surface area (TPSA) is 97.9 Å². The fourth-order valence-corrected chi connectivity index (χ4v) is 5.94. The molecular formula is C27H36F2N8O2. The van der Waals surface area contributed by atoms with Gasteiger partial charge in [-0.2, -0.15) is 9.97 Å². The van der Waals surface area contributed by atoms with Crippen LogP contribution in [0.4, 0.5) is 37.7 Å². The summed E-state index contributed by atoms with van der Waals surface area (Å²) in [7, 11) is 0. The van der Waals surface area contributed by atoms with Crippen LogP contribution in [0, 0.1) is 0 Å². The van der Waals surface area contributed by atoms with Crippen LogP contribution in [0.2, 0.25) is 0 Å². The molecule has 0 aliphatic carbocycles. The zero-order chi connectivity index (χ0) is 26.9. The number of halogens is 2. The highest BCUT2D eigenvalue weighted by Gasteiger charge is 2.38. The zero-order valence-corrected chi connectivity index (χ0v) is 22.2. The standard InChI is InChI=1S/C27H36F2N8O2/c1-17-16-39-14-13-36(17)22-15-23(37-21-7-3-2-5-19(21)32-25(37)24(28)29)34-27(33-22)35-11-8-18(9-12-35)31-26(38)20-6-4-10-30-20/h2-3,5,7,15,17-18,20,24-25,30,32H,4,6,8-14,16H2,1H3,(H,31,38)/t17-,20-,25?/m0/s1. The number of nitrogens with one attached hydrogen (secondary N) is 3. The second-order valence-corrected chi connectivity index (χ2v) is 10.7. The maximum atomic E-state index is 14.2. The van der Waals surface area contributed by atoms with Crippen LogP contribution in [0.25, 0.3) is 0 Å². The number of benzene rings is 1. The summed E-state index contributed by atoms with van der Waals surface area (Å²) in [4.78, 5) is 28.2. The molecule has 2 aromatic rings. The number of hydrogen-bond donors (Lipinski definition) is 3. The maximum Gasteiger partial charge on any atom is 0.277 e. The SMILES string of the molecule is C[C@H]1COCCN1c1cc(N2c3ccccc3NC2C(F)F)nc(N2CCC(NC(=O)[C@@H]3CCCN3)CC2)n1. The Morgan fingerprint density at radius 3 is 2.67 bits per heavy atom. The minimum absolute atomic E-state index is 0.0750. The highest BCUT2D eigenvalue weighted by atomic mass is 19.3. The Labute approximate surface area is 227 Å². The van der Waals surface area contributed by atoms with E-state index >= 15 is 0 Å². The first kappa shape index (κ1) is 26.0. The van der Waals surface area contributed by atoms with E-state index in [0.717, 1.165) is 32.2 Å². The van der Waals surface area contributed by atoms with E-state index in [4.69, 9.17) is 14.7 Å². The lowest BCUT2D eigenvalue weighted by atomic mass is 10.0. The van der Waals surface area contributed by atoms with Crippen molar-refractivity contribution in [3.63, 3.8) is 0 Å². The molecule has 4 aliphatic rings. The number of hydrogen-bond acceptors (Lipinski definition) is 9. The van der Waals surface area contributed by atoms with Crippen molar-refractivity contribution in [3.8, 4) is 0 Å². The average Bonchev–Trinajstić information content (AvgIpc) is 3.62. The van der Waals surface area contributed by atoms with E-state index in [1.54, 1.807) is 11.0 Å². The van der Waals surface area contributed by atoms with Gasteiger partial charge >= 0.3 is 0 Å². The van der Waals surface area contributed by atoms with E-state index in [1.807, 2.05) is 24.3 Å². The van der Waals surface area contributed by atoms with Crippen molar-refractivity contribution in [1.82, 2.24) is 20.6 Å². The van der Waals surface area contributed by atoms with Gasteiger partial charge in [-0.25, -0.2) is 8.78 Å². The zero-order valence-electron chi connectivity index (χ0n) is 22.2. The number of piperidine rings is 1. The summed E-state index contributed by atoms with van der Waals surface area (Å²) < 4.78 is 34.1. The van der Waals surface area contributed by atoms with Gasteiger partial charge in [-0.3, -0.25) is 9.69 Å². The number of aromatic nitrogens is 2. The monoisotopic (exact) mass is 542 g/mol. The van der Waals surface area contributed by atoms with Crippen LogP contribution in [0.15, 0.2) is 30.3 Å². The molecule has 4 aliphatic heterocycles. The third kappa shape index (κ3) is 5.31. The van der Waals surface area contributed by atoms with E-state index in [-0.39, 0.29) is 24.0 Å². The third-order valence-corrected chi connectivity index (χ3v) is 8.08. The molecule has 1 aromatic carbocycles. The lowest BCUT2D eigenvalue weighted by Crippen LogP contribution is -2.50. The Hall–Kier alpha value is -3.25. The van der Waals surface area contributed by atoms with E-state index in [2.05, 4.69) is 32.7 Å². The summed E-state index contributed by atoms with van der Waals surface area (Å²) >= 11 is 0. The van der Waals surface area contributed by atoms with Gasteiger partial charge in [-0.05, 0) is 51.3 Å². The van der Waals surface area contributed by atoms with Crippen LogP contribution in [-0.2, 0) is 9.53 Å². The van der Waals surface area contributed by atoms with Crippen LogP contribution in [-0.4, -0.2) is 86.0 Å². The van der Waals surface area contributed by atoms with Crippen LogP contribution < -0.4 is 30.7 Å². The first-order chi connectivity index (χ1) is 19.0. The average molecular weight is 543 g/mol. The van der Waals surface area contributed by atoms with Crippen molar-refractivity contribution >= 4 is 34.9 Å². The number of para-hydroxylation sites is 2. The van der Waals surface area contributed by atoms with Crippen molar-refractivity contribution in [1.29, 1.82) is 0 Å². The van der Waals surface area contributed by atoms with E-state index < -0.39 is 12.6 Å². The smallest absolute Gasteiger partial charge is 0.277 e.